The van der Waals surface area contributed by atoms with Crippen LogP contribution in [0.15, 0.2) is 85.1 Å². The Morgan fingerprint density at radius 1 is 0.889 bits per heavy atom. The Kier molecular flexibility index (Phi) is 10.1. The van der Waals surface area contributed by atoms with E-state index in [1.54, 1.807) is 6.07 Å². The normalized spacial score (nSPS) is 11.0. The third-order valence-corrected chi connectivity index (χ3v) is 6.10. The number of amides is 4. The molecule has 4 amide bonds. The van der Waals surface area contributed by atoms with Crippen molar-refractivity contribution < 1.29 is 42.1 Å². The highest BCUT2D eigenvalue weighted by Gasteiger charge is 2.33. The van der Waals surface area contributed by atoms with Crippen molar-refractivity contribution in [2.45, 2.75) is 6.18 Å². The number of nitrogens with zero attached hydrogens (tertiary/aromatic N) is 1. The first-order chi connectivity index (χ1) is 21.4. The number of carbonyl (C=O) groups is 3. The molecule has 0 aliphatic heterocycles. The highest BCUT2D eigenvalue weighted by atomic mass is 35.5. The molecule has 1 aromatic heterocycles. The molecular formula is C30H23ClF3N5O6. The number of phenolic OH excluding ortho intramolecular Hbond substituents is 1. The van der Waals surface area contributed by atoms with Gasteiger partial charge in [-0.3, -0.25) is 25.4 Å². The van der Waals surface area contributed by atoms with E-state index in [1.165, 1.54) is 80.1 Å². The number of halogens is 4. The van der Waals surface area contributed by atoms with Crippen LogP contribution in [-0.4, -0.2) is 35.0 Å². The minimum Gasteiger partial charge on any atom is -0.504 e. The van der Waals surface area contributed by atoms with E-state index in [0.29, 0.717) is 17.0 Å². The minimum absolute atomic E-state index is 0.0506. The first-order valence-corrected chi connectivity index (χ1v) is 13.1. The number of hydrogen-bond acceptors (Lipinski definition) is 7. The second kappa shape index (κ2) is 14.1. The maximum atomic E-state index is 13.1. The standard InChI is InChI=1S/C30H23ClF3N5O6/c1-44-26-14-17(2-10-25(26)40)3-11-27(41)38-39-28(42)24-16-21(12-13-35-24)45-20-7-4-18(5-8-20)36-29(43)37-19-6-9-23(31)22(15-19)30(32,33)34/h2-16,40H,1H3,(H,38,41)(H,39,42)(H2,36,37,43). The Hall–Kier alpha value is -5.76. The zero-order chi connectivity index (χ0) is 32.6. The summed E-state index contributed by atoms with van der Waals surface area (Å²) in [6.07, 6.45) is -0.732. The molecule has 0 radical (unpaired) electrons. The van der Waals surface area contributed by atoms with Gasteiger partial charge in [-0.05, 0) is 72.3 Å². The number of aromatic hydroxyl groups is 1. The van der Waals surface area contributed by atoms with E-state index >= 15 is 0 Å². The summed E-state index contributed by atoms with van der Waals surface area (Å²) in [6.45, 7) is 0. The van der Waals surface area contributed by atoms with E-state index in [0.717, 1.165) is 12.1 Å². The zero-order valence-corrected chi connectivity index (χ0v) is 23.9. The Bertz CT molecular complexity index is 1750. The van der Waals surface area contributed by atoms with Crippen LogP contribution in [0.2, 0.25) is 5.02 Å². The lowest BCUT2D eigenvalue weighted by molar-refractivity contribution is -0.137. The number of aromatic nitrogens is 1. The van der Waals surface area contributed by atoms with Gasteiger partial charge in [0.05, 0.1) is 17.7 Å². The van der Waals surface area contributed by atoms with Crippen molar-refractivity contribution in [3.8, 4) is 23.0 Å². The third-order valence-electron chi connectivity index (χ3n) is 5.77. The van der Waals surface area contributed by atoms with Crippen molar-refractivity contribution in [1.82, 2.24) is 15.8 Å². The molecule has 0 saturated heterocycles. The number of urea groups is 1. The molecule has 0 bridgehead atoms. The fourth-order valence-corrected chi connectivity index (χ4v) is 3.87. The second-order valence-corrected chi connectivity index (χ2v) is 9.39. The first-order valence-electron chi connectivity index (χ1n) is 12.8. The third kappa shape index (κ3) is 9.11. The fourth-order valence-electron chi connectivity index (χ4n) is 3.65. The molecule has 5 N–H and O–H groups in total. The minimum atomic E-state index is -4.68. The van der Waals surface area contributed by atoms with Crippen LogP contribution in [0.3, 0.4) is 0 Å². The van der Waals surface area contributed by atoms with Gasteiger partial charge < -0.3 is 25.2 Å². The smallest absolute Gasteiger partial charge is 0.417 e. The molecule has 4 aromatic rings. The maximum Gasteiger partial charge on any atom is 0.417 e. The number of alkyl halides is 3. The summed E-state index contributed by atoms with van der Waals surface area (Å²) >= 11 is 5.60. The largest absolute Gasteiger partial charge is 0.504 e. The molecule has 3 aromatic carbocycles. The van der Waals surface area contributed by atoms with Gasteiger partial charge in [-0.25, -0.2) is 4.79 Å². The van der Waals surface area contributed by atoms with Crippen molar-refractivity contribution in [1.29, 1.82) is 0 Å². The van der Waals surface area contributed by atoms with Gasteiger partial charge in [-0.1, -0.05) is 17.7 Å². The first kappa shape index (κ1) is 32.2. The van der Waals surface area contributed by atoms with E-state index in [1.807, 2.05) is 0 Å². The van der Waals surface area contributed by atoms with Gasteiger partial charge in [-0.2, -0.15) is 13.2 Å². The van der Waals surface area contributed by atoms with Gasteiger partial charge in [0, 0.05) is 29.7 Å². The van der Waals surface area contributed by atoms with Crippen LogP contribution in [0.25, 0.3) is 6.08 Å². The Morgan fingerprint density at radius 2 is 1.60 bits per heavy atom. The van der Waals surface area contributed by atoms with Crippen molar-refractivity contribution in [2.75, 3.05) is 17.7 Å². The predicted octanol–water partition coefficient (Wildman–Crippen LogP) is 6.38. The van der Waals surface area contributed by atoms with E-state index in [9.17, 15) is 32.7 Å². The molecule has 0 fully saturated rings. The molecule has 4 rings (SSSR count). The number of pyridine rings is 1. The number of hydrazine groups is 1. The SMILES string of the molecule is COc1cc(C=CC(=O)NNC(=O)c2cc(Oc3ccc(NC(=O)Nc4ccc(Cl)c(C(F)(F)F)c4)cc3)ccn2)ccc1O. The van der Waals surface area contributed by atoms with Crippen molar-refractivity contribution in [2.24, 2.45) is 0 Å². The fraction of sp³-hybridized carbons (Fsp3) is 0.0667. The molecule has 1 heterocycles. The molecule has 232 valence electrons. The summed E-state index contributed by atoms with van der Waals surface area (Å²) in [7, 11) is 1.39. The van der Waals surface area contributed by atoms with Gasteiger partial charge in [0.1, 0.15) is 17.2 Å². The van der Waals surface area contributed by atoms with Gasteiger partial charge in [-0.15, -0.1) is 0 Å². The van der Waals surface area contributed by atoms with Crippen molar-refractivity contribution in [3.05, 3.63) is 107 Å². The van der Waals surface area contributed by atoms with Crippen LogP contribution in [0.5, 0.6) is 23.0 Å². The molecule has 0 spiro atoms. The van der Waals surface area contributed by atoms with Gasteiger partial charge in [0.15, 0.2) is 11.5 Å². The van der Waals surface area contributed by atoms with Crippen LogP contribution in [0, 0.1) is 0 Å². The maximum absolute atomic E-state index is 13.1. The number of ether oxygens (including phenoxy) is 2. The van der Waals surface area contributed by atoms with Crippen molar-refractivity contribution >= 4 is 46.9 Å². The summed E-state index contributed by atoms with van der Waals surface area (Å²) in [6, 6.07) is 15.5. The molecule has 11 nitrogen and oxygen atoms in total. The predicted molar refractivity (Wildman–Crippen MR) is 159 cm³/mol. The number of nitrogens with one attached hydrogen (secondary N) is 4. The highest BCUT2D eigenvalue weighted by Crippen LogP contribution is 2.36. The Balaban J connectivity index is 1.29. The monoisotopic (exact) mass is 641 g/mol. The lowest BCUT2D eigenvalue weighted by Crippen LogP contribution is -2.41. The van der Waals surface area contributed by atoms with E-state index in [4.69, 9.17) is 21.1 Å². The summed E-state index contributed by atoms with van der Waals surface area (Å²) in [4.78, 5) is 40.8. The van der Waals surface area contributed by atoms with Crippen LogP contribution in [-0.2, 0) is 11.0 Å². The van der Waals surface area contributed by atoms with Crippen LogP contribution >= 0.6 is 11.6 Å². The average Bonchev–Trinajstić information content (AvgIpc) is 3.01. The summed E-state index contributed by atoms with van der Waals surface area (Å²) in [5, 5.41) is 14.0. The molecular weight excluding hydrogens is 619 g/mol. The van der Waals surface area contributed by atoms with Gasteiger partial charge in [0.2, 0.25) is 0 Å². The summed E-state index contributed by atoms with van der Waals surface area (Å²) < 4.78 is 49.9. The highest BCUT2D eigenvalue weighted by molar-refractivity contribution is 6.31. The van der Waals surface area contributed by atoms with E-state index < -0.39 is 34.6 Å². The van der Waals surface area contributed by atoms with E-state index in [2.05, 4.69) is 26.5 Å². The average molecular weight is 642 g/mol. The molecule has 45 heavy (non-hydrogen) atoms. The number of hydrogen-bond donors (Lipinski definition) is 5. The molecule has 0 atom stereocenters. The Morgan fingerprint density at radius 3 is 2.31 bits per heavy atom. The van der Waals surface area contributed by atoms with E-state index in [-0.39, 0.29) is 28.6 Å². The number of benzene rings is 3. The molecule has 0 saturated carbocycles. The molecule has 0 unspecified atom stereocenters. The summed E-state index contributed by atoms with van der Waals surface area (Å²) in [5.41, 5.74) is 4.10. The number of phenols is 1. The number of rotatable bonds is 8. The van der Waals surface area contributed by atoms with Gasteiger partial charge >= 0.3 is 12.2 Å². The Labute approximate surface area is 258 Å². The summed E-state index contributed by atoms with van der Waals surface area (Å²) in [5.74, 6) is -0.602. The molecule has 15 heteroatoms. The van der Waals surface area contributed by atoms with Crippen molar-refractivity contribution in [3.63, 3.8) is 0 Å². The van der Waals surface area contributed by atoms with Crippen LogP contribution in [0.4, 0.5) is 29.3 Å². The van der Waals surface area contributed by atoms with Gasteiger partial charge in [0.25, 0.3) is 11.8 Å². The number of carbonyl (C=O) groups excluding carboxylic acids is 3. The second-order valence-electron chi connectivity index (χ2n) is 8.98. The lowest BCUT2D eigenvalue weighted by atomic mass is 10.2. The number of anilines is 2. The number of methoxy groups -OCH3 is 1. The van der Waals surface area contributed by atoms with Crippen LogP contribution < -0.4 is 31.0 Å². The van der Waals surface area contributed by atoms with Crippen LogP contribution in [0.1, 0.15) is 21.6 Å². The molecule has 0 aliphatic carbocycles. The topological polar surface area (TPSA) is 151 Å². The quantitative estimate of drug-likeness (QED) is 0.111. The lowest BCUT2D eigenvalue weighted by Gasteiger charge is -2.12. The zero-order valence-electron chi connectivity index (χ0n) is 23.1. The molecule has 0 aliphatic rings.